The Hall–Kier alpha value is -2.03. The highest BCUT2D eigenvalue weighted by molar-refractivity contribution is 5.58. The molecule has 0 saturated carbocycles. The zero-order valence-corrected chi connectivity index (χ0v) is 11.9. The van der Waals surface area contributed by atoms with Crippen LogP contribution >= 0.6 is 0 Å². The van der Waals surface area contributed by atoms with E-state index < -0.39 is 0 Å². The molecular weight excluding hydrogens is 251 g/mol. The summed E-state index contributed by atoms with van der Waals surface area (Å²) in [6, 6.07) is 13.8. The van der Waals surface area contributed by atoms with Crippen LogP contribution in [0, 0.1) is 5.82 Å². The molecule has 2 nitrogen and oxygen atoms in total. The van der Waals surface area contributed by atoms with Gasteiger partial charge in [0.25, 0.3) is 0 Å². The molecule has 0 radical (unpaired) electrons. The molecule has 0 aromatic heterocycles. The molecule has 2 aromatic carbocycles. The largest absolute Gasteiger partial charge is 0.378 e. The van der Waals surface area contributed by atoms with Gasteiger partial charge in [-0.2, -0.15) is 0 Å². The molecule has 1 aliphatic rings. The van der Waals surface area contributed by atoms with E-state index in [9.17, 15) is 4.39 Å². The molecule has 0 fully saturated rings. The standard InChI is InChI=1S/C17H19FN2/c1-20(2)15-5-3-4-14(11-15)19-17-9-6-12-10-13(18)7-8-16(12)17/h3-5,7-8,10-11,17,19H,6,9H2,1-2H3. The minimum Gasteiger partial charge on any atom is -0.378 e. The third-order valence-electron chi connectivity index (χ3n) is 3.89. The summed E-state index contributed by atoms with van der Waals surface area (Å²) in [5, 5.41) is 3.56. The Morgan fingerprint density at radius 3 is 2.80 bits per heavy atom. The second-order valence-electron chi connectivity index (χ2n) is 5.52. The van der Waals surface area contributed by atoms with Gasteiger partial charge in [-0.3, -0.25) is 0 Å². The Labute approximate surface area is 119 Å². The predicted molar refractivity (Wildman–Crippen MR) is 81.9 cm³/mol. The van der Waals surface area contributed by atoms with Crippen molar-refractivity contribution in [1.29, 1.82) is 0 Å². The number of hydrogen-bond acceptors (Lipinski definition) is 2. The average Bonchev–Trinajstić information content (AvgIpc) is 2.81. The number of halogens is 1. The quantitative estimate of drug-likeness (QED) is 0.907. The lowest BCUT2D eigenvalue weighted by atomic mass is 10.1. The topological polar surface area (TPSA) is 15.3 Å². The summed E-state index contributed by atoms with van der Waals surface area (Å²) in [6.07, 6.45) is 1.96. The lowest BCUT2D eigenvalue weighted by Gasteiger charge is -2.18. The molecule has 0 aliphatic heterocycles. The monoisotopic (exact) mass is 270 g/mol. The van der Waals surface area contributed by atoms with E-state index in [0.717, 1.165) is 24.1 Å². The molecule has 0 heterocycles. The van der Waals surface area contributed by atoms with Crippen LogP contribution < -0.4 is 10.2 Å². The fraction of sp³-hybridized carbons (Fsp3) is 0.294. The minimum absolute atomic E-state index is 0.140. The van der Waals surface area contributed by atoms with E-state index in [1.807, 2.05) is 20.2 Å². The van der Waals surface area contributed by atoms with Gasteiger partial charge >= 0.3 is 0 Å². The average molecular weight is 270 g/mol. The summed E-state index contributed by atoms with van der Waals surface area (Å²) in [6.45, 7) is 0. The highest BCUT2D eigenvalue weighted by atomic mass is 19.1. The highest BCUT2D eigenvalue weighted by Gasteiger charge is 2.22. The predicted octanol–water partition coefficient (Wildman–Crippen LogP) is 3.99. The number of rotatable bonds is 3. The number of hydrogen-bond donors (Lipinski definition) is 1. The first kappa shape index (κ1) is 13.0. The first-order valence-electron chi connectivity index (χ1n) is 6.96. The van der Waals surface area contributed by atoms with Crippen molar-refractivity contribution in [3.63, 3.8) is 0 Å². The fourth-order valence-corrected chi connectivity index (χ4v) is 2.81. The van der Waals surface area contributed by atoms with Crippen LogP contribution in [0.1, 0.15) is 23.6 Å². The van der Waals surface area contributed by atoms with E-state index in [2.05, 4.69) is 34.5 Å². The molecule has 0 bridgehead atoms. The van der Waals surface area contributed by atoms with Gasteiger partial charge in [0.05, 0.1) is 6.04 Å². The lowest BCUT2D eigenvalue weighted by molar-refractivity contribution is 0.626. The first-order chi connectivity index (χ1) is 9.63. The molecule has 1 aliphatic carbocycles. The second kappa shape index (κ2) is 5.16. The number of nitrogens with one attached hydrogen (secondary N) is 1. The Morgan fingerprint density at radius 2 is 2.00 bits per heavy atom. The zero-order valence-electron chi connectivity index (χ0n) is 11.9. The smallest absolute Gasteiger partial charge is 0.123 e. The third kappa shape index (κ3) is 2.48. The molecule has 3 rings (SSSR count). The van der Waals surface area contributed by atoms with Crippen molar-refractivity contribution in [2.24, 2.45) is 0 Å². The van der Waals surface area contributed by atoms with E-state index >= 15 is 0 Å². The highest BCUT2D eigenvalue weighted by Crippen LogP contribution is 2.34. The molecule has 104 valence electrons. The number of benzene rings is 2. The van der Waals surface area contributed by atoms with Crippen LogP contribution in [0.2, 0.25) is 0 Å². The summed E-state index contributed by atoms with van der Waals surface area (Å²) in [5.74, 6) is -0.140. The molecule has 3 heteroatoms. The Bertz CT molecular complexity index is 622. The Morgan fingerprint density at radius 1 is 1.15 bits per heavy atom. The van der Waals surface area contributed by atoms with Gasteiger partial charge in [-0.1, -0.05) is 12.1 Å². The van der Waals surface area contributed by atoms with Gasteiger partial charge < -0.3 is 10.2 Å². The summed E-state index contributed by atoms with van der Waals surface area (Å²) in [5.41, 5.74) is 4.64. The van der Waals surface area contributed by atoms with Gasteiger partial charge in [-0.05, 0) is 54.3 Å². The van der Waals surface area contributed by atoms with E-state index in [-0.39, 0.29) is 11.9 Å². The zero-order chi connectivity index (χ0) is 14.1. The number of anilines is 2. The first-order valence-corrected chi connectivity index (χ1v) is 6.96. The van der Waals surface area contributed by atoms with Gasteiger partial charge in [0.1, 0.15) is 5.82 Å². The maximum absolute atomic E-state index is 13.2. The molecule has 0 spiro atoms. The number of fused-ring (bicyclic) bond motifs is 1. The van der Waals surface area contributed by atoms with Crippen molar-refractivity contribution >= 4 is 11.4 Å². The SMILES string of the molecule is CN(C)c1cccc(NC2CCc3cc(F)ccc32)c1. The maximum atomic E-state index is 13.2. The summed E-state index contributed by atoms with van der Waals surface area (Å²) < 4.78 is 13.2. The van der Waals surface area contributed by atoms with Crippen LogP contribution in [0.25, 0.3) is 0 Å². The summed E-state index contributed by atoms with van der Waals surface area (Å²) in [7, 11) is 4.07. The van der Waals surface area contributed by atoms with Gasteiger partial charge in [0.15, 0.2) is 0 Å². The van der Waals surface area contributed by atoms with Crippen LogP contribution in [-0.4, -0.2) is 14.1 Å². The van der Waals surface area contributed by atoms with Crippen LogP contribution in [0.5, 0.6) is 0 Å². The molecule has 2 aromatic rings. The van der Waals surface area contributed by atoms with Crippen molar-refractivity contribution in [1.82, 2.24) is 0 Å². The molecule has 1 unspecified atom stereocenters. The second-order valence-corrected chi connectivity index (χ2v) is 5.52. The molecular formula is C17H19FN2. The number of nitrogens with zero attached hydrogens (tertiary/aromatic N) is 1. The Balaban J connectivity index is 1.82. The van der Waals surface area contributed by atoms with Crippen LogP contribution in [-0.2, 0) is 6.42 Å². The van der Waals surface area contributed by atoms with E-state index in [4.69, 9.17) is 0 Å². The molecule has 1 N–H and O–H groups in total. The third-order valence-corrected chi connectivity index (χ3v) is 3.89. The molecule has 0 saturated heterocycles. The van der Waals surface area contributed by atoms with Crippen LogP contribution in [0.15, 0.2) is 42.5 Å². The van der Waals surface area contributed by atoms with Crippen LogP contribution in [0.4, 0.5) is 15.8 Å². The normalized spacial score (nSPS) is 16.9. The van der Waals surface area contributed by atoms with Gasteiger partial charge in [0, 0.05) is 25.5 Å². The summed E-state index contributed by atoms with van der Waals surface area (Å²) in [4.78, 5) is 2.09. The van der Waals surface area contributed by atoms with Crippen molar-refractivity contribution in [3.8, 4) is 0 Å². The number of aryl methyl sites for hydroxylation is 1. The van der Waals surface area contributed by atoms with E-state index in [0.29, 0.717) is 0 Å². The minimum atomic E-state index is -0.140. The lowest BCUT2D eigenvalue weighted by Crippen LogP contribution is -2.10. The molecule has 20 heavy (non-hydrogen) atoms. The van der Waals surface area contributed by atoms with Crippen molar-refractivity contribution in [2.75, 3.05) is 24.3 Å². The van der Waals surface area contributed by atoms with Gasteiger partial charge in [0.2, 0.25) is 0 Å². The summed E-state index contributed by atoms with van der Waals surface area (Å²) >= 11 is 0. The van der Waals surface area contributed by atoms with Crippen molar-refractivity contribution in [2.45, 2.75) is 18.9 Å². The Kier molecular flexibility index (Phi) is 3.35. The molecule has 0 amide bonds. The van der Waals surface area contributed by atoms with E-state index in [1.165, 1.54) is 11.3 Å². The fourth-order valence-electron chi connectivity index (χ4n) is 2.81. The van der Waals surface area contributed by atoms with Gasteiger partial charge in [-0.15, -0.1) is 0 Å². The van der Waals surface area contributed by atoms with Gasteiger partial charge in [-0.25, -0.2) is 4.39 Å². The van der Waals surface area contributed by atoms with E-state index in [1.54, 1.807) is 12.1 Å². The maximum Gasteiger partial charge on any atom is 0.123 e. The molecule has 1 atom stereocenters. The van der Waals surface area contributed by atoms with Crippen molar-refractivity contribution < 1.29 is 4.39 Å². The van der Waals surface area contributed by atoms with Crippen molar-refractivity contribution in [3.05, 3.63) is 59.4 Å². The van der Waals surface area contributed by atoms with Crippen LogP contribution in [0.3, 0.4) is 0 Å².